The average molecular weight is 271 g/mol. The zero-order valence-electron chi connectivity index (χ0n) is 12.5. The van der Waals surface area contributed by atoms with Crippen LogP contribution in [0.25, 0.3) is 0 Å². The summed E-state index contributed by atoms with van der Waals surface area (Å²) >= 11 is 0. The molecule has 0 saturated carbocycles. The maximum absolute atomic E-state index is 5.89. The van der Waals surface area contributed by atoms with E-state index in [0.717, 1.165) is 17.1 Å². The molecular weight excluding hydrogens is 252 g/mol. The number of aliphatic imine (C=N–C) groups is 1. The summed E-state index contributed by atoms with van der Waals surface area (Å²) in [5, 5.41) is 0. The highest BCUT2D eigenvalue weighted by Gasteiger charge is 2.05. The molecule has 1 aromatic heterocycles. The smallest absolute Gasteiger partial charge is 0.546 e. The standard InChI is InChI=1S/C15H18N2OSi/c1-12-7-8-15(18-19(2)3)14(10-12)17-11-13-6-4-5-9-16-13/h4-11,19H,1-3H3/p+1. The molecule has 0 spiro atoms. The van der Waals surface area contributed by atoms with E-state index in [1.807, 2.05) is 36.4 Å². The van der Waals surface area contributed by atoms with Gasteiger partial charge < -0.3 is 4.43 Å². The van der Waals surface area contributed by atoms with E-state index < -0.39 is 9.04 Å². The minimum absolute atomic E-state index is 0. The second-order valence-electron chi connectivity index (χ2n) is 4.65. The number of pyridine rings is 1. The van der Waals surface area contributed by atoms with Gasteiger partial charge in [-0.1, -0.05) is 12.1 Å². The van der Waals surface area contributed by atoms with Crippen LogP contribution in [0.2, 0.25) is 13.1 Å². The summed E-state index contributed by atoms with van der Waals surface area (Å²) in [5.41, 5.74) is 2.88. The van der Waals surface area contributed by atoms with Gasteiger partial charge in [-0.2, -0.15) is 0 Å². The van der Waals surface area contributed by atoms with Crippen molar-refractivity contribution >= 4 is 20.9 Å². The Balaban J connectivity index is 0.00000200. The number of aryl methyl sites for hydroxylation is 1. The predicted octanol–water partition coefficient (Wildman–Crippen LogP) is 3.62. The second kappa shape index (κ2) is 6.29. The Morgan fingerprint density at radius 1 is 1.26 bits per heavy atom. The van der Waals surface area contributed by atoms with Crippen molar-refractivity contribution in [3.8, 4) is 5.75 Å². The highest BCUT2D eigenvalue weighted by Crippen LogP contribution is 2.28. The maximum Gasteiger partial charge on any atom is 1.00 e. The summed E-state index contributed by atoms with van der Waals surface area (Å²) in [5.74, 6) is 0.861. The highest BCUT2D eigenvalue weighted by molar-refractivity contribution is 6.49. The Kier molecular flexibility index (Phi) is 4.47. The lowest BCUT2D eigenvalue weighted by molar-refractivity contribution is 0.582. The normalized spacial score (nSPS) is 11.2. The second-order valence-corrected chi connectivity index (χ2v) is 6.98. The summed E-state index contributed by atoms with van der Waals surface area (Å²) in [4.78, 5) is 8.73. The Hall–Kier alpha value is -1.94. The Labute approximate surface area is 117 Å². The van der Waals surface area contributed by atoms with Crippen LogP contribution in [0, 0.1) is 6.92 Å². The highest BCUT2D eigenvalue weighted by atomic mass is 28.3. The number of hydrogen-bond acceptors (Lipinski definition) is 3. The molecule has 0 aliphatic rings. The van der Waals surface area contributed by atoms with Crippen LogP contribution in [-0.2, 0) is 0 Å². The number of nitrogens with zero attached hydrogens (tertiary/aromatic N) is 2. The van der Waals surface area contributed by atoms with Gasteiger partial charge in [-0.3, -0.25) is 9.98 Å². The molecule has 0 aliphatic heterocycles. The van der Waals surface area contributed by atoms with Gasteiger partial charge in [0.15, 0.2) is 0 Å². The van der Waals surface area contributed by atoms with E-state index in [4.69, 9.17) is 4.43 Å². The van der Waals surface area contributed by atoms with Crippen LogP contribution in [0.15, 0.2) is 47.6 Å². The SMILES string of the molecule is Cc1ccc(O[SiH](C)C)c(N=Cc2ccccn2)c1.[H+]. The fraction of sp³-hybridized carbons (Fsp3) is 0.200. The minimum atomic E-state index is -1.13. The maximum atomic E-state index is 5.89. The van der Waals surface area contributed by atoms with E-state index in [9.17, 15) is 0 Å². The van der Waals surface area contributed by atoms with Crippen LogP contribution in [0.5, 0.6) is 5.75 Å². The number of rotatable bonds is 4. The summed E-state index contributed by atoms with van der Waals surface area (Å²) in [6.45, 7) is 6.34. The summed E-state index contributed by atoms with van der Waals surface area (Å²) in [6, 6.07) is 11.8. The van der Waals surface area contributed by atoms with Gasteiger partial charge >= 0.3 is 1.43 Å². The quantitative estimate of drug-likeness (QED) is 0.629. The molecule has 0 saturated heterocycles. The Morgan fingerprint density at radius 2 is 2.11 bits per heavy atom. The molecule has 0 aliphatic carbocycles. The molecule has 0 unspecified atom stereocenters. The van der Waals surface area contributed by atoms with Gasteiger partial charge in [0, 0.05) is 6.20 Å². The Bertz CT molecular complexity index is 573. The molecule has 0 atom stereocenters. The van der Waals surface area contributed by atoms with Crippen LogP contribution in [0.3, 0.4) is 0 Å². The van der Waals surface area contributed by atoms with Gasteiger partial charge in [-0.15, -0.1) is 0 Å². The molecule has 0 N–H and O–H groups in total. The first kappa shape index (κ1) is 13.5. The van der Waals surface area contributed by atoms with Crippen molar-refractivity contribution in [1.29, 1.82) is 0 Å². The van der Waals surface area contributed by atoms with Gasteiger partial charge in [0.05, 0.1) is 11.9 Å². The van der Waals surface area contributed by atoms with E-state index in [2.05, 4.69) is 30.0 Å². The first-order valence-electron chi connectivity index (χ1n) is 6.37. The van der Waals surface area contributed by atoms with E-state index >= 15 is 0 Å². The van der Waals surface area contributed by atoms with Crippen LogP contribution in [0.1, 0.15) is 12.7 Å². The van der Waals surface area contributed by atoms with E-state index in [-0.39, 0.29) is 1.43 Å². The van der Waals surface area contributed by atoms with Gasteiger partial charge in [-0.05, 0) is 49.8 Å². The van der Waals surface area contributed by atoms with Crippen molar-refractivity contribution in [1.82, 2.24) is 4.98 Å². The third-order valence-electron chi connectivity index (χ3n) is 2.50. The van der Waals surface area contributed by atoms with Crippen LogP contribution in [-0.4, -0.2) is 20.2 Å². The molecule has 1 aromatic carbocycles. The van der Waals surface area contributed by atoms with Crippen LogP contribution in [0.4, 0.5) is 5.69 Å². The Morgan fingerprint density at radius 3 is 2.79 bits per heavy atom. The molecule has 2 rings (SSSR count). The van der Waals surface area contributed by atoms with E-state index in [1.165, 1.54) is 5.56 Å². The molecule has 19 heavy (non-hydrogen) atoms. The molecule has 98 valence electrons. The lowest BCUT2D eigenvalue weighted by Gasteiger charge is -2.12. The molecule has 0 bridgehead atoms. The number of aromatic nitrogens is 1. The van der Waals surface area contributed by atoms with Gasteiger partial charge in [-0.25, -0.2) is 0 Å². The lowest BCUT2D eigenvalue weighted by Crippen LogP contribution is -2.11. The molecule has 0 fully saturated rings. The van der Waals surface area contributed by atoms with Crippen molar-refractivity contribution in [2.24, 2.45) is 4.99 Å². The van der Waals surface area contributed by atoms with Crippen molar-refractivity contribution in [2.75, 3.05) is 0 Å². The first-order valence-corrected chi connectivity index (χ1v) is 9.15. The molecule has 3 nitrogen and oxygen atoms in total. The topological polar surface area (TPSA) is 34.5 Å². The molecule has 0 radical (unpaired) electrons. The minimum Gasteiger partial charge on any atom is -0.546 e. The average Bonchev–Trinajstić information content (AvgIpc) is 2.40. The zero-order chi connectivity index (χ0) is 13.7. The summed E-state index contributed by atoms with van der Waals surface area (Å²) < 4.78 is 5.89. The molecule has 2 aromatic rings. The number of benzene rings is 1. The largest absolute Gasteiger partial charge is 1.00 e. The predicted molar refractivity (Wildman–Crippen MR) is 83.3 cm³/mol. The third kappa shape index (κ3) is 4.03. The van der Waals surface area contributed by atoms with Crippen molar-refractivity contribution in [3.05, 3.63) is 53.9 Å². The fourth-order valence-electron chi connectivity index (χ4n) is 1.67. The molecular formula is C15H19N2OSi+. The van der Waals surface area contributed by atoms with Gasteiger partial charge in [0.2, 0.25) is 9.04 Å². The van der Waals surface area contributed by atoms with Crippen molar-refractivity contribution in [3.63, 3.8) is 0 Å². The summed E-state index contributed by atoms with van der Waals surface area (Å²) in [6.07, 6.45) is 3.53. The van der Waals surface area contributed by atoms with E-state index in [0.29, 0.717) is 0 Å². The monoisotopic (exact) mass is 271 g/mol. The van der Waals surface area contributed by atoms with Crippen molar-refractivity contribution in [2.45, 2.75) is 20.0 Å². The van der Waals surface area contributed by atoms with Crippen LogP contribution >= 0.6 is 0 Å². The summed E-state index contributed by atoms with van der Waals surface area (Å²) in [7, 11) is -1.13. The van der Waals surface area contributed by atoms with Gasteiger partial charge in [0.1, 0.15) is 11.4 Å². The number of hydrogen-bond donors (Lipinski definition) is 0. The molecule has 4 heteroatoms. The van der Waals surface area contributed by atoms with E-state index in [1.54, 1.807) is 12.4 Å². The van der Waals surface area contributed by atoms with Crippen LogP contribution < -0.4 is 4.43 Å². The zero-order valence-corrected chi connectivity index (χ0v) is 12.7. The third-order valence-corrected chi connectivity index (χ3v) is 3.23. The fourth-order valence-corrected chi connectivity index (χ4v) is 2.38. The first-order chi connectivity index (χ1) is 9.15. The lowest BCUT2D eigenvalue weighted by atomic mass is 10.2. The van der Waals surface area contributed by atoms with Gasteiger partial charge in [0.25, 0.3) is 0 Å². The molecule has 1 heterocycles. The van der Waals surface area contributed by atoms with Crippen molar-refractivity contribution < 1.29 is 5.85 Å². The molecule has 0 amide bonds.